The summed E-state index contributed by atoms with van der Waals surface area (Å²) >= 11 is 0. The molecule has 0 aromatic heterocycles. The van der Waals surface area contributed by atoms with Crippen molar-refractivity contribution in [2.75, 3.05) is 33.4 Å². The highest BCUT2D eigenvalue weighted by molar-refractivity contribution is 5.94. The van der Waals surface area contributed by atoms with E-state index in [2.05, 4.69) is 29.1 Å². The van der Waals surface area contributed by atoms with Crippen LogP contribution in [0, 0.1) is 15.5 Å². The minimum atomic E-state index is -0.826. The van der Waals surface area contributed by atoms with Gasteiger partial charge in [-0.3, -0.25) is 4.79 Å². The molecule has 2 aromatic rings. The predicted molar refractivity (Wildman–Crippen MR) is 135 cm³/mol. The monoisotopic (exact) mass is 496 g/mol. The summed E-state index contributed by atoms with van der Waals surface area (Å²) in [5.41, 5.74) is 4.14. The fourth-order valence-corrected chi connectivity index (χ4v) is 4.99. The fourth-order valence-electron chi connectivity index (χ4n) is 4.99. The van der Waals surface area contributed by atoms with Crippen molar-refractivity contribution in [3.8, 4) is 0 Å². The molecule has 1 unspecified atom stereocenters. The Morgan fingerprint density at radius 3 is 2.72 bits per heavy atom. The van der Waals surface area contributed by atoms with Gasteiger partial charge in [-0.05, 0) is 79.2 Å². The molecule has 36 heavy (non-hydrogen) atoms. The minimum Gasteiger partial charge on any atom is -0.385 e. The van der Waals surface area contributed by atoms with Crippen molar-refractivity contribution in [2.24, 2.45) is 5.41 Å². The highest BCUT2D eigenvalue weighted by atomic mass is 16.9. The van der Waals surface area contributed by atoms with E-state index < -0.39 is 5.09 Å². The average Bonchev–Trinajstić information content (AvgIpc) is 3.67. The maximum Gasteiger partial charge on any atom is 0.294 e. The summed E-state index contributed by atoms with van der Waals surface area (Å²) in [5.74, 6) is -0.0719. The highest BCUT2D eigenvalue weighted by Crippen LogP contribution is 2.49. The summed E-state index contributed by atoms with van der Waals surface area (Å²) in [6.07, 6.45) is 7.30. The van der Waals surface area contributed by atoms with Crippen molar-refractivity contribution in [3.05, 3.63) is 80.9 Å². The molecule has 1 saturated heterocycles. The van der Waals surface area contributed by atoms with Gasteiger partial charge in [0, 0.05) is 32.4 Å². The van der Waals surface area contributed by atoms with Crippen LogP contribution >= 0.6 is 0 Å². The van der Waals surface area contributed by atoms with Crippen molar-refractivity contribution in [1.29, 1.82) is 0 Å². The highest BCUT2D eigenvalue weighted by Gasteiger charge is 2.44. The molecule has 4 rings (SSSR count). The van der Waals surface area contributed by atoms with Crippen molar-refractivity contribution >= 4 is 5.91 Å². The number of carbonyl (C=O) groups excluding carboxylic acids is 1. The number of ether oxygens (including phenoxy) is 2. The molecule has 1 atom stereocenters. The molecule has 1 amide bonds. The van der Waals surface area contributed by atoms with E-state index in [-0.39, 0.29) is 24.0 Å². The molecule has 0 radical (unpaired) electrons. The molecule has 2 fully saturated rings. The largest absolute Gasteiger partial charge is 0.385 e. The first kappa shape index (κ1) is 26.1. The summed E-state index contributed by atoms with van der Waals surface area (Å²) < 4.78 is 11.6. The molecular weight excluding hydrogens is 460 g/mol. The number of amides is 1. The van der Waals surface area contributed by atoms with Gasteiger partial charge in [0.25, 0.3) is 11.0 Å². The summed E-state index contributed by atoms with van der Waals surface area (Å²) in [6.45, 7) is 2.58. The van der Waals surface area contributed by atoms with Crippen LogP contribution in [0.2, 0.25) is 0 Å². The van der Waals surface area contributed by atoms with Gasteiger partial charge in [0.2, 0.25) is 0 Å². The van der Waals surface area contributed by atoms with E-state index in [1.807, 2.05) is 4.90 Å². The van der Waals surface area contributed by atoms with Gasteiger partial charge >= 0.3 is 0 Å². The van der Waals surface area contributed by atoms with Gasteiger partial charge < -0.3 is 19.2 Å². The number of aryl methyl sites for hydroxylation is 1. The van der Waals surface area contributed by atoms with Crippen LogP contribution in [0.3, 0.4) is 0 Å². The lowest BCUT2D eigenvalue weighted by Gasteiger charge is -2.33. The van der Waals surface area contributed by atoms with Gasteiger partial charge in [-0.15, -0.1) is 10.1 Å². The van der Waals surface area contributed by atoms with Crippen LogP contribution in [-0.2, 0) is 33.8 Å². The van der Waals surface area contributed by atoms with Crippen LogP contribution in [-0.4, -0.2) is 55.4 Å². The van der Waals surface area contributed by atoms with E-state index in [1.165, 1.54) is 24.0 Å². The van der Waals surface area contributed by atoms with Crippen LogP contribution in [0.5, 0.6) is 0 Å². The fraction of sp³-hybridized carbons (Fsp3) is 0.536. The third-order valence-corrected chi connectivity index (χ3v) is 7.24. The Labute approximate surface area is 212 Å². The SMILES string of the molecule is COCCCc1ccccc1CC1(COC2CCCN(C(=O)c3cccc(CO[N+](=O)[O-])c3)C2)CC1. The van der Waals surface area contributed by atoms with E-state index in [0.717, 1.165) is 45.3 Å². The quantitative estimate of drug-likeness (QED) is 0.228. The van der Waals surface area contributed by atoms with Crippen molar-refractivity contribution in [1.82, 2.24) is 4.90 Å². The maximum atomic E-state index is 13.1. The first-order valence-electron chi connectivity index (χ1n) is 12.8. The standard InChI is InChI=1S/C28H36N2O6/c1-34-16-6-11-23-8-2-3-9-25(23)18-28(13-14-28)21-35-26-12-5-15-29(19-26)27(31)24-10-4-7-22(17-24)20-36-30(32)33/h2-4,7-10,17,26H,5-6,11-16,18-21H2,1H3. The lowest BCUT2D eigenvalue weighted by atomic mass is 9.92. The second-order valence-electron chi connectivity index (χ2n) is 10.1. The van der Waals surface area contributed by atoms with E-state index in [4.69, 9.17) is 9.47 Å². The molecule has 1 aliphatic heterocycles. The average molecular weight is 497 g/mol. The Morgan fingerprint density at radius 2 is 1.97 bits per heavy atom. The molecule has 194 valence electrons. The van der Waals surface area contributed by atoms with Gasteiger partial charge in [-0.2, -0.15) is 0 Å². The first-order chi connectivity index (χ1) is 17.5. The second-order valence-corrected chi connectivity index (χ2v) is 10.1. The molecule has 0 spiro atoms. The number of carbonyl (C=O) groups is 1. The molecule has 0 N–H and O–H groups in total. The van der Waals surface area contributed by atoms with Crippen LogP contribution in [0.25, 0.3) is 0 Å². The van der Waals surface area contributed by atoms with E-state index >= 15 is 0 Å². The lowest BCUT2D eigenvalue weighted by Crippen LogP contribution is -2.43. The second kappa shape index (κ2) is 12.3. The summed E-state index contributed by atoms with van der Waals surface area (Å²) in [5, 5.41) is 9.65. The van der Waals surface area contributed by atoms with Crippen LogP contribution < -0.4 is 0 Å². The molecule has 0 bridgehead atoms. The van der Waals surface area contributed by atoms with Crippen molar-refractivity contribution < 1.29 is 24.2 Å². The normalized spacial score (nSPS) is 18.6. The van der Waals surface area contributed by atoms with Gasteiger partial charge in [-0.25, -0.2) is 0 Å². The van der Waals surface area contributed by atoms with Gasteiger partial charge in [-0.1, -0.05) is 36.4 Å². The Kier molecular flexibility index (Phi) is 8.93. The van der Waals surface area contributed by atoms with E-state index in [1.54, 1.807) is 31.4 Å². The van der Waals surface area contributed by atoms with E-state index in [0.29, 0.717) is 24.2 Å². The summed E-state index contributed by atoms with van der Waals surface area (Å²) in [7, 11) is 1.74. The van der Waals surface area contributed by atoms with Crippen LogP contribution in [0.1, 0.15) is 59.2 Å². The zero-order valence-corrected chi connectivity index (χ0v) is 21.0. The Morgan fingerprint density at radius 1 is 1.17 bits per heavy atom. The number of benzene rings is 2. The Bertz CT molecular complexity index is 1040. The molecule has 2 aromatic carbocycles. The molecule has 2 aliphatic rings. The predicted octanol–water partition coefficient (Wildman–Crippen LogP) is 4.62. The minimum absolute atomic E-state index is 0.0260. The number of hydrogen-bond donors (Lipinski definition) is 0. The zero-order valence-electron chi connectivity index (χ0n) is 21.0. The molecule has 8 heteroatoms. The number of methoxy groups -OCH3 is 1. The Hall–Kier alpha value is -2.97. The molecule has 1 saturated carbocycles. The number of likely N-dealkylation sites (tertiary alicyclic amines) is 1. The molecular formula is C28H36N2O6. The Balaban J connectivity index is 1.30. The topological polar surface area (TPSA) is 91.1 Å². The number of piperidine rings is 1. The molecule has 1 heterocycles. The van der Waals surface area contributed by atoms with Gasteiger partial charge in [0.1, 0.15) is 6.61 Å². The first-order valence-corrected chi connectivity index (χ1v) is 12.8. The summed E-state index contributed by atoms with van der Waals surface area (Å²) in [6, 6.07) is 15.6. The van der Waals surface area contributed by atoms with E-state index in [9.17, 15) is 14.9 Å². The van der Waals surface area contributed by atoms with Crippen molar-refractivity contribution in [2.45, 2.75) is 57.7 Å². The van der Waals surface area contributed by atoms with Gasteiger partial charge in [0.05, 0.1) is 12.7 Å². The third-order valence-electron chi connectivity index (χ3n) is 7.24. The summed E-state index contributed by atoms with van der Waals surface area (Å²) in [4.78, 5) is 29.9. The van der Waals surface area contributed by atoms with Crippen molar-refractivity contribution in [3.63, 3.8) is 0 Å². The molecule has 8 nitrogen and oxygen atoms in total. The molecule has 1 aliphatic carbocycles. The maximum absolute atomic E-state index is 13.1. The van der Waals surface area contributed by atoms with Crippen LogP contribution in [0.15, 0.2) is 48.5 Å². The zero-order chi connectivity index (χ0) is 25.4. The lowest BCUT2D eigenvalue weighted by molar-refractivity contribution is -0.763. The smallest absolute Gasteiger partial charge is 0.294 e. The number of rotatable bonds is 13. The number of hydrogen-bond acceptors (Lipinski definition) is 6. The van der Waals surface area contributed by atoms with Crippen LogP contribution in [0.4, 0.5) is 0 Å². The van der Waals surface area contributed by atoms with Gasteiger partial charge in [0.15, 0.2) is 0 Å². The third kappa shape index (κ3) is 7.27. The number of nitrogens with zero attached hydrogens (tertiary/aromatic N) is 2.